The van der Waals surface area contributed by atoms with Crippen LogP contribution in [-0.2, 0) is 15.9 Å². The number of nitrogens with one attached hydrogen (secondary N) is 1. The molecular formula is C27H26F3N3O5S. The van der Waals surface area contributed by atoms with Crippen LogP contribution in [0.4, 0.5) is 18.9 Å². The number of methoxy groups -OCH3 is 1. The third-order valence-electron chi connectivity index (χ3n) is 5.65. The number of nitrogens with zero attached hydrogens (tertiary/aromatic N) is 1. The lowest BCUT2D eigenvalue weighted by molar-refractivity contribution is 0.0144. The average molecular weight is 562 g/mol. The van der Waals surface area contributed by atoms with E-state index in [-0.39, 0.29) is 17.2 Å². The summed E-state index contributed by atoms with van der Waals surface area (Å²) in [5.41, 5.74) is 5.17. The third kappa shape index (κ3) is 6.35. The van der Waals surface area contributed by atoms with Crippen LogP contribution < -0.4 is 24.7 Å². The van der Waals surface area contributed by atoms with Gasteiger partial charge in [0.2, 0.25) is 0 Å². The van der Waals surface area contributed by atoms with Crippen molar-refractivity contribution in [3.05, 3.63) is 78.2 Å². The lowest BCUT2D eigenvalue weighted by atomic mass is 10.1. The van der Waals surface area contributed by atoms with Crippen molar-refractivity contribution in [3.8, 4) is 23.0 Å². The van der Waals surface area contributed by atoms with E-state index in [1.165, 1.54) is 43.6 Å². The zero-order valence-corrected chi connectivity index (χ0v) is 21.9. The number of halogens is 3. The Kier molecular flexibility index (Phi) is 8.17. The highest BCUT2D eigenvalue weighted by molar-refractivity contribution is 7.92. The summed E-state index contributed by atoms with van der Waals surface area (Å²) in [6.07, 6.45) is 2.13. The molecule has 8 nitrogen and oxygen atoms in total. The highest BCUT2D eigenvalue weighted by atomic mass is 32.2. The Morgan fingerprint density at radius 3 is 2.46 bits per heavy atom. The number of ether oxygens (including phenoxy) is 3. The SMILES string of the molecule is COc1cc2c(Oc3ccc(NS(=O)(=O)c4ccccc4C(C)(F)F)cc3F)ccnc2cc1OCCCN. The van der Waals surface area contributed by atoms with Crippen molar-refractivity contribution in [2.24, 2.45) is 5.73 Å². The highest BCUT2D eigenvalue weighted by Crippen LogP contribution is 2.38. The smallest absolute Gasteiger partial charge is 0.271 e. The standard InChI is InChI=1S/C27H26F3N3O5S/c1-27(29,30)19-6-3-4-7-26(19)39(34,35)33-17-8-9-23(20(28)14-17)38-22-10-12-32-21-16-25(37-13-5-11-31)24(36-2)15-18(21)22/h3-4,6-10,12,14-16,33H,5,11,13,31H2,1-2H3. The number of alkyl halides is 2. The third-order valence-corrected chi connectivity index (χ3v) is 7.09. The number of nitrogens with two attached hydrogens (primary N) is 1. The maximum atomic E-state index is 15.0. The quantitative estimate of drug-likeness (QED) is 0.222. The van der Waals surface area contributed by atoms with Crippen LogP contribution in [0.3, 0.4) is 0 Å². The maximum Gasteiger partial charge on any atom is 0.271 e. The number of aromatic nitrogens is 1. The normalized spacial score (nSPS) is 11.8. The number of benzene rings is 3. The van der Waals surface area contributed by atoms with Gasteiger partial charge < -0.3 is 19.9 Å². The highest BCUT2D eigenvalue weighted by Gasteiger charge is 2.32. The summed E-state index contributed by atoms with van der Waals surface area (Å²) in [4.78, 5) is 3.70. The van der Waals surface area contributed by atoms with E-state index in [9.17, 15) is 17.2 Å². The number of anilines is 1. The molecule has 39 heavy (non-hydrogen) atoms. The molecule has 1 heterocycles. The molecule has 1 aromatic heterocycles. The van der Waals surface area contributed by atoms with Gasteiger partial charge in [0.1, 0.15) is 5.75 Å². The minimum absolute atomic E-state index is 0.172. The van der Waals surface area contributed by atoms with Gasteiger partial charge in [0, 0.05) is 36.2 Å². The first kappa shape index (κ1) is 28.0. The molecule has 3 N–H and O–H groups in total. The lowest BCUT2D eigenvalue weighted by Gasteiger charge is -2.17. The predicted octanol–water partition coefficient (Wildman–Crippen LogP) is 5.81. The summed E-state index contributed by atoms with van der Waals surface area (Å²) < 4.78 is 87.7. The molecule has 0 fully saturated rings. The predicted molar refractivity (Wildman–Crippen MR) is 141 cm³/mol. The Morgan fingerprint density at radius 1 is 1.00 bits per heavy atom. The van der Waals surface area contributed by atoms with Gasteiger partial charge in [-0.3, -0.25) is 9.71 Å². The van der Waals surface area contributed by atoms with E-state index >= 15 is 4.39 Å². The summed E-state index contributed by atoms with van der Waals surface area (Å²) in [5, 5.41) is 0.516. The molecule has 0 bridgehead atoms. The Morgan fingerprint density at radius 2 is 1.77 bits per heavy atom. The summed E-state index contributed by atoms with van der Waals surface area (Å²) >= 11 is 0. The van der Waals surface area contributed by atoms with Gasteiger partial charge >= 0.3 is 0 Å². The molecule has 0 amide bonds. The van der Waals surface area contributed by atoms with Gasteiger partial charge in [0.05, 0.1) is 29.8 Å². The molecule has 3 aromatic carbocycles. The first-order valence-electron chi connectivity index (χ1n) is 11.8. The number of fused-ring (bicyclic) bond motifs is 1. The van der Waals surface area contributed by atoms with E-state index in [1.54, 1.807) is 12.1 Å². The van der Waals surface area contributed by atoms with Gasteiger partial charge in [-0.2, -0.15) is 0 Å². The molecule has 0 spiro atoms. The zero-order chi connectivity index (χ0) is 28.2. The van der Waals surface area contributed by atoms with E-state index in [4.69, 9.17) is 19.9 Å². The summed E-state index contributed by atoms with van der Waals surface area (Å²) in [7, 11) is -2.96. The van der Waals surface area contributed by atoms with Crippen LogP contribution in [0.25, 0.3) is 10.9 Å². The van der Waals surface area contributed by atoms with Gasteiger partial charge in [-0.15, -0.1) is 0 Å². The van der Waals surface area contributed by atoms with Crippen LogP contribution in [0.5, 0.6) is 23.0 Å². The fourth-order valence-electron chi connectivity index (χ4n) is 3.79. The molecule has 12 heteroatoms. The summed E-state index contributed by atoms with van der Waals surface area (Å²) in [6, 6.07) is 12.9. The molecule has 0 radical (unpaired) electrons. The largest absolute Gasteiger partial charge is 0.493 e. The first-order chi connectivity index (χ1) is 18.5. The number of rotatable bonds is 11. The average Bonchev–Trinajstić information content (AvgIpc) is 2.89. The Bertz CT molecular complexity index is 1590. The van der Waals surface area contributed by atoms with E-state index in [1.807, 2.05) is 0 Å². The van der Waals surface area contributed by atoms with Crippen LogP contribution in [0.1, 0.15) is 18.9 Å². The minimum Gasteiger partial charge on any atom is -0.493 e. The second kappa shape index (κ2) is 11.4. The van der Waals surface area contributed by atoms with Gasteiger partial charge in [-0.25, -0.2) is 21.6 Å². The zero-order valence-electron chi connectivity index (χ0n) is 21.1. The molecule has 0 unspecified atom stereocenters. The second-order valence-electron chi connectivity index (χ2n) is 8.56. The second-order valence-corrected chi connectivity index (χ2v) is 10.2. The maximum absolute atomic E-state index is 15.0. The van der Waals surface area contributed by atoms with Crippen LogP contribution >= 0.6 is 0 Å². The fraction of sp³-hybridized carbons (Fsp3) is 0.222. The first-order valence-corrected chi connectivity index (χ1v) is 13.3. The summed E-state index contributed by atoms with van der Waals surface area (Å²) in [6.45, 7) is 1.46. The summed E-state index contributed by atoms with van der Waals surface area (Å²) in [5.74, 6) is -3.34. The number of hydrogen-bond donors (Lipinski definition) is 2. The van der Waals surface area contributed by atoms with Crippen molar-refractivity contribution < 1.29 is 35.8 Å². The van der Waals surface area contributed by atoms with Gasteiger partial charge in [0.15, 0.2) is 23.1 Å². The molecule has 0 saturated heterocycles. The Labute approximate surface area is 223 Å². The van der Waals surface area contributed by atoms with Crippen molar-refractivity contribution in [1.29, 1.82) is 0 Å². The van der Waals surface area contributed by atoms with Crippen molar-refractivity contribution in [1.82, 2.24) is 4.98 Å². The molecule has 206 valence electrons. The topological polar surface area (TPSA) is 113 Å². The Balaban J connectivity index is 1.60. The van der Waals surface area contributed by atoms with Crippen LogP contribution in [-0.4, -0.2) is 33.7 Å². The molecule has 0 aliphatic carbocycles. The van der Waals surface area contributed by atoms with E-state index < -0.39 is 32.2 Å². The van der Waals surface area contributed by atoms with Gasteiger partial charge in [0.25, 0.3) is 15.9 Å². The van der Waals surface area contributed by atoms with Crippen LogP contribution in [0.15, 0.2) is 71.8 Å². The molecule has 0 aliphatic rings. The van der Waals surface area contributed by atoms with Gasteiger partial charge in [-0.05, 0) is 43.3 Å². The van der Waals surface area contributed by atoms with Crippen molar-refractivity contribution in [2.45, 2.75) is 24.2 Å². The van der Waals surface area contributed by atoms with Crippen LogP contribution in [0, 0.1) is 5.82 Å². The lowest BCUT2D eigenvalue weighted by Crippen LogP contribution is -2.19. The van der Waals surface area contributed by atoms with Crippen molar-refractivity contribution in [3.63, 3.8) is 0 Å². The Hall–Kier alpha value is -4.03. The minimum atomic E-state index is -4.44. The molecule has 0 atom stereocenters. The number of pyridine rings is 1. The van der Waals surface area contributed by atoms with Crippen molar-refractivity contribution in [2.75, 3.05) is 25.0 Å². The molecular weight excluding hydrogens is 535 g/mol. The van der Waals surface area contributed by atoms with E-state index in [0.717, 1.165) is 18.2 Å². The van der Waals surface area contributed by atoms with Gasteiger partial charge in [-0.1, -0.05) is 18.2 Å². The number of sulfonamides is 1. The molecule has 4 aromatic rings. The van der Waals surface area contributed by atoms with E-state index in [2.05, 4.69) is 9.71 Å². The monoisotopic (exact) mass is 561 g/mol. The van der Waals surface area contributed by atoms with E-state index in [0.29, 0.717) is 48.9 Å². The number of hydrogen-bond acceptors (Lipinski definition) is 7. The van der Waals surface area contributed by atoms with Crippen molar-refractivity contribution >= 4 is 26.6 Å². The molecule has 0 aliphatic heterocycles. The fourth-order valence-corrected chi connectivity index (χ4v) is 5.14. The molecule has 0 saturated carbocycles. The van der Waals surface area contributed by atoms with Crippen LogP contribution in [0.2, 0.25) is 0 Å². The molecule has 4 rings (SSSR count).